The van der Waals surface area contributed by atoms with Crippen molar-refractivity contribution in [1.82, 2.24) is 19.9 Å². The molecule has 0 rings (SSSR count). The smallest absolute Gasteiger partial charge is 0.301 e. The molecule has 0 spiro atoms. The van der Waals surface area contributed by atoms with E-state index in [-0.39, 0.29) is 0 Å². The highest BCUT2D eigenvalue weighted by Gasteiger charge is 2.32. The number of nitrogens with one attached hydrogen (secondary N) is 4. The van der Waals surface area contributed by atoms with E-state index in [1.807, 2.05) is 0 Å². The van der Waals surface area contributed by atoms with Gasteiger partial charge in [0, 0.05) is 0 Å². The van der Waals surface area contributed by atoms with Crippen molar-refractivity contribution in [3.8, 4) is 0 Å². The van der Waals surface area contributed by atoms with Crippen LogP contribution in [-0.4, -0.2) is 34.9 Å². The largest absolute Gasteiger partial charge is 0.365 e. The maximum Gasteiger partial charge on any atom is 0.365 e. The Morgan fingerprint density at radius 3 is 0.905 bits per heavy atom. The predicted octanol–water partition coefficient (Wildman–Crippen LogP) is 2.98. The van der Waals surface area contributed by atoms with Crippen LogP contribution in [0.2, 0.25) is 0 Å². The molecule has 21 heavy (non-hydrogen) atoms. The van der Waals surface area contributed by atoms with Crippen molar-refractivity contribution in [3.63, 3.8) is 0 Å². The standard InChI is InChI=1S/C16H40N4Si/c1-5-9-13-17-21(18-14-10-6-2,19-15-11-7-3)20-16-12-8-4/h17-20H,5-16H2,1-4H3. The topological polar surface area (TPSA) is 48.1 Å². The molecule has 0 bridgehead atoms. The highest BCUT2D eigenvalue weighted by Crippen LogP contribution is 1.95. The summed E-state index contributed by atoms with van der Waals surface area (Å²) in [5.41, 5.74) is 0. The predicted molar refractivity (Wildman–Crippen MR) is 97.4 cm³/mol. The molecule has 128 valence electrons. The molecule has 0 amide bonds. The van der Waals surface area contributed by atoms with Crippen molar-refractivity contribution < 1.29 is 0 Å². The summed E-state index contributed by atoms with van der Waals surface area (Å²) in [7, 11) is -1.94. The molecular formula is C16H40N4Si. The lowest BCUT2D eigenvalue weighted by Crippen LogP contribution is -2.81. The van der Waals surface area contributed by atoms with Gasteiger partial charge in [-0.15, -0.1) is 0 Å². The quantitative estimate of drug-likeness (QED) is 0.261. The fraction of sp³-hybridized carbons (Fsp3) is 1.00. The molecule has 0 atom stereocenters. The third-order valence-electron chi connectivity index (χ3n) is 3.68. The molecule has 0 aromatic rings. The van der Waals surface area contributed by atoms with Gasteiger partial charge >= 0.3 is 8.72 Å². The van der Waals surface area contributed by atoms with E-state index in [9.17, 15) is 0 Å². The maximum absolute atomic E-state index is 3.82. The first-order valence-electron chi connectivity index (χ1n) is 9.24. The number of hydrogen-bond donors (Lipinski definition) is 4. The molecule has 0 radical (unpaired) electrons. The zero-order valence-corrected chi connectivity index (χ0v) is 16.0. The zero-order chi connectivity index (χ0) is 15.8. The van der Waals surface area contributed by atoms with Gasteiger partial charge < -0.3 is 19.9 Å². The highest BCUT2D eigenvalue weighted by atomic mass is 28.4. The normalized spacial score (nSPS) is 12.0. The Labute approximate surface area is 134 Å². The molecule has 0 saturated heterocycles. The Bertz CT molecular complexity index is 169. The third-order valence-corrected chi connectivity index (χ3v) is 6.80. The van der Waals surface area contributed by atoms with Crippen molar-refractivity contribution >= 4 is 8.72 Å². The first-order valence-corrected chi connectivity index (χ1v) is 11.2. The molecule has 0 aliphatic heterocycles. The van der Waals surface area contributed by atoms with Crippen LogP contribution in [0.4, 0.5) is 0 Å². The fourth-order valence-electron chi connectivity index (χ4n) is 2.19. The van der Waals surface area contributed by atoms with E-state index in [0.29, 0.717) is 0 Å². The monoisotopic (exact) mass is 316 g/mol. The van der Waals surface area contributed by atoms with Crippen molar-refractivity contribution in [1.29, 1.82) is 0 Å². The van der Waals surface area contributed by atoms with E-state index in [2.05, 4.69) is 47.6 Å². The van der Waals surface area contributed by atoms with E-state index in [4.69, 9.17) is 0 Å². The van der Waals surface area contributed by atoms with Crippen LogP contribution < -0.4 is 19.9 Å². The van der Waals surface area contributed by atoms with Crippen LogP contribution in [0.5, 0.6) is 0 Å². The van der Waals surface area contributed by atoms with Crippen LogP contribution in [-0.2, 0) is 0 Å². The summed E-state index contributed by atoms with van der Waals surface area (Å²) in [6.07, 6.45) is 9.97. The van der Waals surface area contributed by atoms with E-state index in [1.54, 1.807) is 0 Å². The minimum absolute atomic E-state index is 1.10. The van der Waals surface area contributed by atoms with Gasteiger partial charge in [0.1, 0.15) is 0 Å². The summed E-state index contributed by atoms with van der Waals surface area (Å²) in [5.74, 6) is 0. The Hall–Kier alpha value is 0.0569. The molecule has 0 unspecified atom stereocenters. The van der Waals surface area contributed by atoms with Gasteiger partial charge in [-0.1, -0.05) is 53.4 Å². The minimum Gasteiger partial charge on any atom is -0.301 e. The van der Waals surface area contributed by atoms with Crippen LogP contribution in [0.25, 0.3) is 0 Å². The van der Waals surface area contributed by atoms with Crippen LogP contribution in [0.3, 0.4) is 0 Å². The second-order valence-corrected chi connectivity index (χ2v) is 8.79. The van der Waals surface area contributed by atoms with Crippen molar-refractivity contribution in [3.05, 3.63) is 0 Å². The lowest BCUT2D eigenvalue weighted by molar-refractivity contribution is 0.613. The van der Waals surface area contributed by atoms with E-state index >= 15 is 0 Å². The number of unbranched alkanes of at least 4 members (excludes halogenated alkanes) is 4. The van der Waals surface area contributed by atoms with E-state index in [0.717, 1.165) is 26.2 Å². The lowest BCUT2D eigenvalue weighted by Gasteiger charge is -2.34. The average molecular weight is 317 g/mol. The molecule has 0 fully saturated rings. The lowest BCUT2D eigenvalue weighted by atomic mass is 10.3. The fourth-order valence-corrected chi connectivity index (χ4v) is 5.14. The number of hydrogen-bond acceptors (Lipinski definition) is 4. The first kappa shape index (κ1) is 21.1. The van der Waals surface area contributed by atoms with E-state index in [1.165, 1.54) is 51.4 Å². The summed E-state index contributed by atoms with van der Waals surface area (Å²) in [4.78, 5) is 15.3. The van der Waals surface area contributed by atoms with Gasteiger partial charge in [0.25, 0.3) is 0 Å². The summed E-state index contributed by atoms with van der Waals surface area (Å²) >= 11 is 0. The minimum atomic E-state index is -1.94. The zero-order valence-electron chi connectivity index (χ0n) is 15.0. The molecule has 0 aliphatic rings. The van der Waals surface area contributed by atoms with Gasteiger partial charge in [0.15, 0.2) is 0 Å². The Morgan fingerprint density at radius 2 is 0.714 bits per heavy atom. The van der Waals surface area contributed by atoms with Gasteiger partial charge in [-0.2, -0.15) is 0 Å². The Balaban J connectivity index is 4.52. The summed E-state index contributed by atoms with van der Waals surface area (Å²) in [5, 5.41) is 0. The summed E-state index contributed by atoms with van der Waals surface area (Å²) in [6.45, 7) is 13.4. The first-order chi connectivity index (χ1) is 10.2. The van der Waals surface area contributed by atoms with Gasteiger partial charge in [-0.3, -0.25) is 0 Å². The summed E-state index contributed by atoms with van der Waals surface area (Å²) < 4.78 is 0. The van der Waals surface area contributed by atoms with Crippen molar-refractivity contribution in [2.24, 2.45) is 0 Å². The maximum atomic E-state index is 3.82. The highest BCUT2D eigenvalue weighted by molar-refractivity contribution is 6.70. The molecule has 0 aliphatic carbocycles. The molecule has 4 N–H and O–H groups in total. The SMILES string of the molecule is CCCCN[Si](NCCCC)(NCCCC)NCCCC. The molecule has 0 saturated carbocycles. The second kappa shape index (κ2) is 15.0. The van der Waals surface area contributed by atoms with Crippen LogP contribution in [0.1, 0.15) is 79.1 Å². The van der Waals surface area contributed by atoms with Gasteiger partial charge in [0.2, 0.25) is 0 Å². The van der Waals surface area contributed by atoms with E-state index < -0.39 is 8.72 Å². The second-order valence-electron chi connectivity index (χ2n) is 5.87. The van der Waals surface area contributed by atoms with Gasteiger partial charge in [-0.05, 0) is 51.9 Å². The van der Waals surface area contributed by atoms with Crippen molar-refractivity contribution in [2.75, 3.05) is 26.2 Å². The Morgan fingerprint density at radius 1 is 0.476 bits per heavy atom. The van der Waals surface area contributed by atoms with Gasteiger partial charge in [0.05, 0.1) is 0 Å². The molecule has 5 heteroatoms. The molecule has 0 heterocycles. The van der Waals surface area contributed by atoms with Gasteiger partial charge in [-0.25, -0.2) is 0 Å². The van der Waals surface area contributed by atoms with Crippen LogP contribution >= 0.6 is 0 Å². The molecule has 4 nitrogen and oxygen atoms in total. The molecular weight excluding hydrogens is 276 g/mol. The van der Waals surface area contributed by atoms with Crippen LogP contribution in [0.15, 0.2) is 0 Å². The molecule has 0 aromatic carbocycles. The number of rotatable bonds is 16. The summed E-state index contributed by atoms with van der Waals surface area (Å²) in [6, 6.07) is 0. The average Bonchev–Trinajstić information content (AvgIpc) is 2.48. The Kier molecular flexibility index (Phi) is 15.0. The third kappa shape index (κ3) is 11.3. The molecule has 0 aromatic heterocycles. The van der Waals surface area contributed by atoms with Crippen LogP contribution in [0, 0.1) is 0 Å². The van der Waals surface area contributed by atoms with Crippen molar-refractivity contribution in [2.45, 2.75) is 79.1 Å².